The number of alkyl halides is 3. The van der Waals surface area contributed by atoms with Crippen LogP contribution < -0.4 is 5.32 Å². The van der Waals surface area contributed by atoms with E-state index in [1.54, 1.807) is 0 Å². The summed E-state index contributed by atoms with van der Waals surface area (Å²) in [5, 5.41) is 3.23. The molecule has 1 aliphatic rings. The van der Waals surface area contributed by atoms with E-state index in [2.05, 4.69) is 26.1 Å². The molecule has 2 rings (SSSR count). The predicted octanol–water partition coefficient (Wildman–Crippen LogP) is 4.64. The lowest BCUT2D eigenvalue weighted by Crippen LogP contribution is -2.45. The minimum atomic E-state index is -4.08. The van der Waals surface area contributed by atoms with Crippen molar-refractivity contribution in [3.63, 3.8) is 0 Å². The van der Waals surface area contributed by atoms with E-state index in [0.29, 0.717) is 0 Å². The zero-order valence-electron chi connectivity index (χ0n) is 11.2. The van der Waals surface area contributed by atoms with Crippen molar-refractivity contribution in [3.8, 4) is 0 Å². The van der Waals surface area contributed by atoms with Gasteiger partial charge < -0.3 is 5.32 Å². The molecule has 0 radical (unpaired) electrons. The van der Waals surface area contributed by atoms with Crippen molar-refractivity contribution in [2.24, 2.45) is 0 Å². The Balaban J connectivity index is 0.00000200. The molecule has 0 amide bonds. The van der Waals surface area contributed by atoms with Gasteiger partial charge in [0.2, 0.25) is 0 Å². The maximum absolute atomic E-state index is 12.5. The smallest absolute Gasteiger partial charge is 0.314 e. The van der Waals surface area contributed by atoms with Gasteiger partial charge in [-0.3, -0.25) is 4.90 Å². The second-order valence-electron chi connectivity index (χ2n) is 4.60. The quantitative estimate of drug-likeness (QED) is 0.749. The normalized spacial score (nSPS) is 17.7. The third-order valence-electron chi connectivity index (χ3n) is 3.22. The van der Waals surface area contributed by atoms with Gasteiger partial charge >= 0.3 is 6.18 Å². The Hall–Kier alpha value is 0.470. The Kier molecular flexibility index (Phi) is 9.79. The Bertz CT molecular complexity index is 411. The molecule has 0 aliphatic carbocycles. The molecule has 1 aliphatic heterocycles. The van der Waals surface area contributed by atoms with Crippen LogP contribution in [0.3, 0.4) is 0 Å². The van der Waals surface area contributed by atoms with Crippen molar-refractivity contribution in [2.75, 3.05) is 26.2 Å². The predicted molar refractivity (Wildman–Crippen MR) is 89.0 cm³/mol. The fourth-order valence-corrected chi connectivity index (χ4v) is 3.90. The highest BCUT2D eigenvalue weighted by Crippen LogP contribution is 2.36. The molecule has 2 heterocycles. The van der Waals surface area contributed by atoms with Gasteiger partial charge in [-0.15, -0.1) is 36.2 Å². The van der Waals surface area contributed by atoms with Gasteiger partial charge in [-0.2, -0.15) is 13.2 Å². The minimum absolute atomic E-state index is 0. The largest absolute Gasteiger partial charge is 0.389 e. The van der Waals surface area contributed by atoms with Gasteiger partial charge in [-0.1, -0.05) is 0 Å². The molecule has 1 saturated heterocycles. The fraction of sp³-hybridized carbons (Fsp3) is 0.667. The monoisotopic (exact) mass is 428 g/mol. The Labute approximate surface area is 147 Å². The molecule has 1 aromatic rings. The highest BCUT2D eigenvalue weighted by molar-refractivity contribution is 9.11. The fourth-order valence-electron chi connectivity index (χ4n) is 2.31. The number of nitrogens with zero attached hydrogens (tertiary/aromatic N) is 1. The number of halogens is 6. The van der Waals surface area contributed by atoms with E-state index < -0.39 is 12.6 Å². The molecule has 1 fully saturated rings. The van der Waals surface area contributed by atoms with E-state index in [4.69, 9.17) is 0 Å². The Morgan fingerprint density at radius 3 is 2.33 bits per heavy atom. The Morgan fingerprint density at radius 1 is 1.24 bits per heavy atom. The number of piperazine rings is 1. The second kappa shape index (κ2) is 9.57. The zero-order valence-corrected chi connectivity index (χ0v) is 15.2. The summed E-state index contributed by atoms with van der Waals surface area (Å²) in [5.41, 5.74) is 0. The summed E-state index contributed by atoms with van der Waals surface area (Å²) in [7, 11) is 0. The molecule has 9 heteroatoms. The van der Waals surface area contributed by atoms with Crippen LogP contribution in [0.2, 0.25) is 0 Å². The zero-order chi connectivity index (χ0) is 13.9. The van der Waals surface area contributed by atoms with Crippen LogP contribution in [0.25, 0.3) is 0 Å². The summed E-state index contributed by atoms with van der Waals surface area (Å²) >= 11 is 4.91. The molecule has 2 nitrogen and oxygen atoms in total. The molecule has 0 aromatic carbocycles. The summed E-state index contributed by atoms with van der Waals surface area (Å²) in [5.74, 6) is 0. The molecule has 0 spiro atoms. The first-order valence-corrected chi connectivity index (χ1v) is 7.83. The lowest BCUT2D eigenvalue weighted by Gasteiger charge is -2.34. The van der Waals surface area contributed by atoms with E-state index in [9.17, 15) is 13.2 Å². The van der Waals surface area contributed by atoms with Crippen LogP contribution in [0.4, 0.5) is 13.2 Å². The SMILES string of the molecule is Cl.Cl.FC(F)(F)CC[C@H](c1ccc(Br)s1)N1CCNCC1. The van der Waals surface area contributed by atoms with Crippen molar-refractivity contribution in [1.29, 1.82) is 0 Å². The van der Waals surface area contributed by atoms with Crippen LogP contribution in [0.5, 0.6) is 0 Å². The minimum Gasteiger partial charge on any atom is -0.314 e. The molecule has 124 valence electrons. The van der Waals surface area contributed by atoms with Gasteiger partial charge in [0.1, 0.15) is 0 Å². The molecule has 1 aromatic heterocycles. The second-order valence-corrected chi connectivity index (χ2v) is 7.09. The third-order valence-corrected chi connectivity index (χ3v) is 4.94. The number of rotatable bonds is 4. The van der Waals surface area contributed by atoms with Gasteiger partial charge in [-0.05, 0) is 34.5 Å². The van der Waals surface area contributed by atoms with Gasteiger partial charge in [0.25, 0.3) is 0 Å². The number of thiophene rings is 1. The van der Waals surface area contributed by atoms with E-state index in [1.165, 1.54) is 11.3 Å². The van der Waals surface area contributed by atoms with E-state index in [1.807, 2.05) is 12.1 Å². The standard InChI is InChI=1S/C12H16BrF3N2S.2ClH/c13-11-2-1-10(19-11)9(3-4-12(14,15)16)18-7-5-17-6-8-18;;/h1-2,9,17H,3-8H2;2*1H/t9-;;/m1../s1. The van der Waals surface area contributed by atoms with Crippen molar-refractivity contribution >= 4 is 52.1 Å². The number of nitrogens with one attached hydrogen (secondary N) is 1. The summed E-state index contributed by atoms with van der Waals surface area (Å²) in [6.45, 7) is 3.29. The van der Waals surface area contributed by atoms with Gasteiger partial charge in [-0.25, -0.2) is 0 Å². The molecular formula is C12H18BrCl2F3N2S. The molecule has 1 N–H and O–H groups in total. The molecule has 0 bridgehead atoms. The average molecular weight is 430 g/mol. The third kappa shape index (κ3) is 7.05. The van der Waals surface area contributed by atoms with Gasteiger partial charge in [0.15, 0.2) is 0 Å². The molecule has 21 heavy (non-hydrogen) atoms. The summed E-state index contributed by atoms with van der Waals surface area (Å²) in [4.78, 5) is 3.17. The van der Waals surface area contributed by atoms with Crippen molar-refractivity contribution in [1.82, 2.24) is 10.2 Å². The molecule has 0 unspecified atom stereocenters. The van der Waals surface area contributed by atoms with Crippen molar-refractivity contribution in [2.45, 2.75) is 25.1 Å². The maximum Gasteiger partial charge on any atom is 0.389 e. The van der Waals surface area contributed by atoms with Crippen molar-refractivity contribution < 1.29 is 13.2 Å². The van der Waals surface area contributed by atoms with Crippen molar-refractivity contribution in [3.05, 3.63) is 20.8 Å². The number of hydrogen-bond acceptors (Lipinski definition) is 3. The van der Waals surface area contributed by atoms with Crippen LogP contribution in [-0.2, 0) is 0 Å². The molecular weight excluding hydrogens is 412 g/mol. The molecule has 0 saturated carbocycles. The van der Waals surface area contributed by atoms with Gasteiger partial charge in [0, 0.05) is 43.5 Å². The van der Waals surface area contributed by atoms with Gasteiger partial charge in [0.05, 0.1) is 3.79 Å². The van der Waals surface area contributed by atoms with Crippen LogP contribution in [-0.4, -0.2) is 37.3 Å². The summed E-state index contributed by atoms with van der Waals surface area (Å²) in [6.07, 6.45) is -4.67. The van der Waals surface area contributed by atoms with E-state index in [0.717, 1.165) is 34.8 Å². The highest BCUT2D eigenvalue weighted by Gasteiger charge is 2.31. The topological polar surface area (TPSA) is 15.3 Å². The Morgan fingerprint density at radius 2 is 1.86 bits per heavy atom. The molecule has 1 atom stereocenters. The van der Waals surface area contributed by atoms with Crippen LogP contribution in [0, 0.1) is 0 Å². The summed E-state index contributed by atoms with van der Waals surface area (Å²) in [6, 6.07) is 3.71. The van der Waals surface area contributed by atoms with E-state index >= 15 is 0 Å². The van der Waals surface area contributed by atoms with Crippen LogP contribution in [0.15, 0.2) is 15.9 Å². The first-order valence-electron chi connectivity index (χ1n) is 6.22. The first-order chi connectivity index (χ1) is 8.96. The summed E-state index contributed by atoms with van der Waals surface area (Å²) < 4.78 is 38.4. The highest BCUT2D eigenvalue weighted by atomic mass is 79.9. The van der Waals surface area contributed by atoms with E-state index in [-0.39, 0.29) is 37.3 Å². The first kappa shape index (κ1) is 21.5. The maximum atomic E-state index is 12.5. The average Bonchev–Trinajstić information content (AvgIpc) is 2.76. The van der Waals surface area contributed by atoms with Crippen LogP contribution >= 0.6 is 52.1 Å². The lowest BCUT2D eigenvalue weighted by molar-refractivity contribution is -0.138. The van der Waals surface area contributed by atoms with Crippen LogP contribution in [0.1, 0.15) is 23.8 Å². The lowest BCUT2D eigenvalue weighted by atomic mass is 10.1. The number of hydrogen-bond donors (Lipinski definition) is 1.